The van der Waals surface area contributed by atoms with Crippen molar-refractivity contribution in [3.63, 3.8) is 0 Å². The van der Waals surface area contributed by atoms with Crippen LogP contribution < -0.4 is 5.73 Å². The number of aryl methyl sites for hydroxylation is 1. The molecule has 19 heavy (non-hydrogen) atoms. The van der Waals surface area contributed by atoms with Crippen molar-refractivity contribution < 1.29 is 4.92 Å². The maximum atomic E-state index is 10.7. The first-order valence-electron chi connectivity index (χ1n) is 6.12. The summed E-state index contributed by atoms with van der Waals surface area (Å²) in [6.45, 7) is 3.91. The van der Waals surface area contributed by atoms with E-state index in [1.54, 1.807) is 12.1 Å². The Kier molecular flexibility index (Phi) is 3.50. The predicted octanol–water partition coefficient (Wildman–Crippen LogP) is 2.83. The Bertz CT molecular complexity index is 619. The third-order valence-electron chi connectivity index (χ3n) is 3.09. The van der Waals surface area contributed by atoms with Gasteiger partial charge in [0, 0.05) is 23.3 Å². The first kappa shape index (κ1) is 13.1. The van der Waals surface area contributed by atoms with Crippen molar-refractivity contribution >= 4 is 11.5 Å². The largest absolute Gasteiger partial charge is 0.382 e. The molecule has 0 aliphatic rings. The van der Waals surface area contributed by atoms with Crippen LogP contribution in [0.4, 0.5) is 11.5 Å². The van der Waals surface area contributed by atoms with Gasteiger partial charge >= 0.3 is 0 Å². The first-order chi connectivity index (χ1) is 9.04. The van der Waals surface area contributed by atoms with Crippen molar-refractivity contribution in [2.75, 3.05) is 5.73 Å². The van der Waals surface area contributed by atoms with Crippen LogP contribution >= 0.6 is 0 Å². The summed E-state index contributed by atoms with van der Waals surface area (Å²) < 4.78 is 0. The Morgan fingerprint density at radius 1 is 1.47 bits per heavy atom. The summed E-state index contributed by atoms with van der Waals surface area (Å²) in [5.74, 6) is 0.495. The van der Waals surface area contributed by atoms with Gasteiger partial charge in [-0.3, -0.25) is 15.2 Å². The van der Waals surface area contributed by atoms with Gasteiger partial charge in [-0.1, -0.05) is 13.3 Å². The fourth-order valence-corrected chi connectivity index (χ4v) is 2.15. The van der Waals surface area contributed by atoms with E-state index < -0.39 is 4.92 Å². The van der Waals surface area contributed by atoms with Gasteiger partial charge in [-0.05, 0) is 25.0 Å². The minimum Gasteiger partial charge on any atom is -0.382 e. The number of nitrogens with one attached hydrogen (secondary N) is 1. The average molecular weight is 260 g/mol. The Hall–Kier alpha value is -2.37. The van der Waals surface area contributed by atoms with Gasteiger partial charge in [0.1, 0.15) is 5.82 Å². The number of nitro benzene ring substituents is 1. The molecular formula is C13H16N4O2. The van der Waals surface area contributed by atoms with Crippen LogP contribution in [0.3, 0.4) is 0 Å². The number of nitro groups is 1. The Morgan fingerprint density at radius 3 is 2.79 bits per heavy atom. The number of hydrogen-bond acceptors (Lipinski definition) is 4. The van der Waals surface area contributed by atoms with Gasteiger partial charge in [-0.15, -0.1) is 0 Å². The molecule has 1 aromatic carbocycles. The van der Waals surface area contributed by atoms with Crippen molar-refractivity contribution in [3.8, 4) is 11.3 Å². The van der Waals surface area contributed by atoms with Crippen LogP contribution in [-0.4, -0.2) is 15.1 Å². The lowest BCUT2D eigenvalue weighted by molar-refractivity contribution is -0.384. The van der Waals surface area contributed by atoms with Gasteiger partial charge in [0.2, 0.25) is 0 Å². The summed E-state index contributed by atoms with van der Waals surface area (Å²) in [6.07, 6.45) is 1.79. The van der Waals surface area contributed by atoms with Crippen LogP contribution in [0.1, 0.15) is 24.5 Å². The lowest BCUT2D eigenvalue weighted by Gasteiger charge is -2.06. The summed E-state index contributed by atoms with van der Waals surface area (Å²) in [6, 6.07) is 4.79. The molecule has 100 valence electrons. The highest BCUT2D eigenvalue weighted by atomic mass is 16.6. The monoisotopic (exact) mass is 260 g/mol. The molecular weight excluding hydrogens is 244 g/mol. The van der Waals surface area contributed by atoms with E-state index in [1.807, 2.05) is 6.92 Å². The lowest BCUT2D eigenvalue weighted by atomic mass is 9.99. The molecule has 0 unspecified atom stereocenters. The van der Waals surface area contributed by atoms with Crippen molar-refractivity contribution in [1.82, 2.24) is 10.2 Å². The Balaban J connectivity index is 2.50. The van der Waals surface area contributed by atoms with Gasteiger partial charge in [0.15, 0.2) is 0 Å². The van der Waals surface area contributed by atoms with Gasteiger partial charge in [0.05, 0.1) is 10.6 Å². The molecule has 0 atom stereocenters. The molecule has 0 saturated carbocycles. The van der Waals surface area contributed by atoms with E-state index >= 15 is 0 Å². The minimum atomic E-state index is -0.398. The normalized spacial score (nSPS) is 10.6. The van der Waals surface area contributed by atoms with Gasteiger partial charge < -0.3 is 5.73 Å². The average Bonchev–Trinajstić information content (AvgIpc) is 2.72. The van der Waals surface area contributed by atoms with E-state index in [-0.39, 0.29) is 5.69 Å². The number of anilines is 1. The standard InChI is InChI=1S/C13H16N4O2/c1-3-4-11-12(15-16-13(11)14)10-6-5-9(17(18)19)7-8(10)2/h5-7H,3-4H2,1-2H3,(H3,14,15,16). The molecule has 0 radical (unpaired) electrons. The smallest absolute Gasteiger partial charge is 0.269 e. The Morgan fingerprint density at radius 2 is 2.21 bits per heavy atom. The van der Waals surface area contributed by atoms with E-state index in [4.69, 9.17) is 5.73 Å². The summed E-state index contributed by atoms with van der Waals surface area (Å²) in [5.41, 5.74) is 9.49. The molecule has 0 saturated heterocycles. The van der Waals surface area contributed by atoms with E-state index in [0.717, 1.165) is 35.2 Å². The molecule has 0 bridgehead atoms. The number of nitrogens with two attached hydrogens (primary N) is 1. The minimum absolute atomic E-state index is 0.0887. The molecule has 0 aliphatic carbocycles. The summed E-state index contributed by atoms with van der Waals surface area (Å²) in [5, 5.41) is 17.7. The molecule has 3 N–H and O–H groups in total. The van der Waals surface area contributed by atoms with Crippen LogP contribution in [-0.2, 0) is 6.42 Å². The molecule has 2 aromatic rings. The van der Waals surface area contributed by atoms with E-state index in [2.05, 4.69) is 17.1 Å². The zero-order valence-electron chi connectivity index (χ0n) is 10.9. The molecule has 0 fully saturated rings. The van der Waals surface area contributed by atoms with Crippen molar-refractivity contribution in [2.24, 2.45) is 0 Å². The van der Waals surface area contributed by atoms with Gasteiger partial charge in [0.25, 0.3) is 5.69 Å². The number of H-pyrrole nitrogens is 1. The highest BCUT2D eigenvalue weighted by Gasteiger charge is 2.15. The highest BCUT2D eigenvalue weighted by Crippen LogP contribution is 2.30. The zero-order chi connectivity index (χ0) is 14.0. The first-order valence-corrected chi connectivity index (χ1v) is 6.12. The highest BCUT2D eigenvalue weighted by molar-refractivity contribution is 5.72. The van der Waals surface area contributed by atoms with E-state index in [1.165, 1.54) is 6.07 Å². The maximum Gasteiger partial charge on any atom is 0.269 e. The molecule has 1 aromatic heterocycles. The summed E-state index contributed by atoms with van der Waals surface area (Å²) in [4.78, 5) is 10.3. The second-order valence-electron chi connectivity index (χ2n) is 4.47. The number of aromatic amines is 1. The van der Waals surface area contributed by atoms with E-state index in [9.17, 15) is 10.1 Å². The van der Waals surface area contributed by atoms with Crippen LogP contribution in [0, 0.1) is 17.0 Å². The van der Waals surface area contributed by atoms with Crippen LogP contribution in [0.25, 0.3) is 11.3 Å². The second-order valence-corrected chi connectivity index (χ2v) is 4.47. The number of rotatable bonds is 4. The van der Waals surface area contributed by atoms with Crippen LogP contribution in [0.2, 0.25) is 0 Å². The fraction of sp³-hybridized carbons (Fsp3) is 0.308. The lowest BCUT2D eigenvalue weighted by Crippen LogP contribution is -1.95. The quantitative estimate of drug-likeness (QED) is 0.652. The molecule has 0 amide bonds. The molecule has 0 spiro atoms. The molecule has 2 rings (SSSR count). The van der Waals surface area contributed by atoms with Crippen molar-refractivity contribution in [2.45, 2.75) is 26.7 Å². The number of benzene rings is 1. The molecule has 1 heterocycles. The van der Waals surface area contributed by atoms with Crippen molar-refractivity contribution in [3.05, 3.63) is 39.4 Å². The van der Waals surface area contributed by atoms with Crippen molar-refractivity contribution in [1.29, 1.82) is 0 Å². The van der Waals surface area contributed by atoms with E-state index in [0.29, 0.717) is 5.82 Å². The predicted molar refractivity (Wildman–Crippen MR) is 73.8 cm³/mol. The maximum absolute atomic E-state index is 10.7. The number of nitrogens with zero attached hydrogens (tertiary/aromatic N) is 2. The summed E-state index contributed by atoms with van der Waals surface area (Å²) >= 11 is 0. The number of nitrogen functional groups attached to an aromatic ring is 1. The number of aromatic nitrogens is 2. The number of hydrogen-bond donors (Lipinski definition) is 2. The summed E-state index contributed by atoms with van der Waals surface area (Å²) in [7, 11) is 0. The SMILES string of the molecule is CCCc1c(N)n[nH]c1-c1ccc([N+](=O)[O-])cc1C. The Labute approximate surface area is 110 Å². The van der Waals surface area contributed by atoms with Gasteiger partial charge in [-0.25, -0.2) is 0 Å². The molecule has 6 heteroatoms. The third kappa shape index (κ3) is 2.42. The number of non-ortho nitro benzene ring substituents is 1. The third-order valence-corrected chi connectivity index (χ3v) is 3.09. The van der Waals surface area contributed by atoms with Crippen LogP contribution in [0.15, 0.2) is 18.2 Å². The fourth-order valence-electron chi connectivity index (χ4n) is 2.15. The zero-order valence-corrected chi connectivity index (χ0v) is 10.9. The van der Waals surface area contributed by atoms with Crippen LogP contribution in [0.5, 0.6) is 0 Å². The molecule has 6 nitrogen and oxygen atoms in total. The van der Waals surface area contributed by atoms with Gasteiger partial charge in [-0.2, -0.15) is 5.10 Å². The topological polar surface area (TPSA) is 97.8 Å². The molecule has 0 aliphatic heterocycles. The second kappa shape index (κ2) is 5.09.